The van der Waals surface area contributed by atoms with E-state index in [0.29, 0.717) is 11.3 Å². The highest BCUT2D eigenvalue weighted by molar-refractivity contribution is 6.06. The van der Waals surface area contributed by atoms with E-state index in [9.17, 15) is 9.59 Å². The minimum Gasteiger partial charge on any atom is -0.442 e. The lowest BCUT2D eigenvalue weighted by Crippen LogP contribution is -2.26. The van der Waals surface area contributed by atoms with Crippen molar-refractivity contribution < 1.29 is 9.21 Å². The third-order valence-corrected chi connectivity index (χ3v) is 2.81. The number of nitrogens with one attached hydrogen (secondary N) is 2. The molecule has 0 bridgehead atoms. The topological polar surface area (TPSA) is 88.0 Å². The molecule has 1 amide bonds. The highest BCUT2D eigenvalue weighted by Gasteiger charge is 2.28. The number of carbonyl (C=O) groups excluding carboxylic acids is 1. The van der Waals surface area contributed by atoms with Crippen LogP contribution in [-0.4, -0.2) is 21.9 Å². The molecule has 2 N–H and O–H groups in total. The van der Waals surface area contributed by atoms with E-state index < -0.39 is 0 Å². The molecule has 0 aromatic carbocycles. The molecule has 1 aliphatic carbocycles. The molecule has 17 heavy (non-hydrogen) atoms. The summed E-state index contributed by atoms with van der Waals surface area (Å²) in [4.78, 5) is 30.0. The van der Waals surface area contributed by atoms with Gasteiger partial charge in [-0.2, -0.15) is 0 Å². The first-order chi connectivity index (χ1) is 8.16. The summed E-state index contributed by atoms with van der Waals surface area (Å²) >= 11 is 0. The SMILES string of the molecule is Cc1oc2nc[nH]c(=O)c2c1C(=O)NC1CC1. The van der Waals surface area contributed by atoms with Crippen molar-refractivity contribution in [2.75, 3.05) is 0 Å². The van der Waals surface area contributed by atoms with E-state index >= 15 is 0 Å². The molecule has 0 aliphatic heterocycles. The van der Waals surface area contributed by atoms with Crippen molar-refractivity contribution in [2.45, 2.75) is 25.8 Å². The maximum atomic E-state index is 12.0. The quantitative estimate of drug-likeness (QED) is 0.799. The first-order valence-electron chi connectivity index (χ1n) is 5.44. The number of fused-ring (bicyclic) bond motifs is 1. The van der Waals surface area contributed by atoms with Gasteiger partial charge in [-0.3, -0.25) is 9.59 Å². The van der Waals surface area contributed by atoms with Crippen LogP contribution in [0.15, 0.2) is 15.5 Å². The molecule has 0 spiro atoms. The lowest BCUT2D eigenvalue weighted by atomic mass is 10.2. The molecule has 1 saturated carbocycles. The molecule has 6 nitrogen and oxygen atoms in total. The average Bonchev–Trinajstić information content (AvgIpc) is 3.00. The highest BCUT2D eigenvalue weighted by Crippen LogP contribution is 2.23. The van der Waals surface area contributed by atoms with E-state index in [1.165, 1.54) is 6.33 Å². The minimum absolute atomic E-state index is 0.201. The maximum absolute atomic E-state index is 12.0. The summed E-state index contributed by atoms with van der Waals surface area (Å²) < 4.78 is 5.31. The van der Waals surface area contributed by atoms with Crippen LogP contribution in [0, 0.1) is 6.92 Å². The summed E-state index contributed by atoms with van der Waals surface area (Å²) in [5, 5.41) is 3.06. The van der Waals surface area contributed by atoms with Gasteiger partial charge < -0.3 is 14.7 Å². The van der Waals surface area contributed by atoms with Gasteiger partial charge in [-0.1, -0.05) is 0 Å². The molecule has 1 aliphatic rings. The molecule has 6 heteroatoms. The van der Waals surface area contributed by atoms with Gasteiger partial charge in [0.2, 0.25) is 5.71 Å². The number of aryl methyl sites for hydroxylation is 1. The summed E-state index contributed by atoms with van der Waals surface area (Å²) in [5.41, 5.74) is 0.140. The van der Waals surface area contributed by atoms with Gasteiger partial charge >= 0.3 is 0 Å². The number of aromatic amines is 1. The van der Waals surface area contributed by atoms with E-state index in [-0.39, 0.29) is 28.6 Å². The van der Waals surface area contributed by atoms with Crippen LogP contribution < -0.4 is 10.9 Å². The van der Waals surface area contributed by atoms with E-state index in [0.717, 1.165) is 12.8 Å². The molecule has 0 unspecified atom stereocenters. The number of nitrogens with zero attached hydrogens (tertiary/aromatic N) is 1. The Balaban J connectivity index is 2.16. The van der Waals surface area contributed by atoms with Crippen LogP contribution in [0.4, 0.5) is 0 Å². The first-order valence-corrected chi connectivity index (χ1v) is 5.44. The average molecular weight is 233 g/mol. The normalized spacial score (nSPS) is 15.1. The third-order valence-electron chi connectivity index (χ3n) is 2.81. The Hall–Kier alpha value is -2.11. The Morgan fingerprint density at radius 3 is 3.06 bits per heavy atom. The predicted molar refractivity (Wildman–Crippen MR) is 59.9 cm³/mol. The Kier molecular flexibility index (Phi) is 2.04. The largest absolute Gasteiger partial charge is 0.442 e. The smallest absolute Gasteiger partial charge is 0.262 e. The van der Waals surface area contributed by atoms with Gasteiger partial charge in [-0.25, -0.2) is 4.98 Å². The second-order valence-electron chi connectivity index (χ2n) is 4.19. The molecule has 88 valence electrons. The fourth-order valence-electron chi connectivity index (χ4n) is 1.81. The number of aromatic nitrogens is 2. The molecule has 0 saturated heterocycles. The lowest BCUT2D eigenvalue weighted by molar-refractivity contribution is 0.0951. The van der Waals surface area contributed by atoms with Crippen molar-refractivity contribution in [1.29, 1.82) is 0 Å². The lowest BCUT2D eigenvalue weighted by Gasteiger charge is -2.01. The zero-order valence-corrected chi connectivity index (χ0v) is 9.24. The number of furan rings is 1. The van der Waals surface area contributed by atoms with Gasteiger partial charge in [0.25, 0.3) is 11.5 Å². The molecular formula is C11H11N3O3. The van der Waals surface area contributed by atoms with Crippen molar-refractivity contribution in [3.8, 4) is 0 Å². The number of hydrogen-bond donors (Lipinski definition) is 2. The number of H-pyrrole nitrogens is 1. The van der Waals surface area contributed by atoms with Gasteiger partial charge in [0.1, 0.15) is 11.1 Å². The van der Waals surface area contributed by atoms with Crippen LogP contribution >= 0.6 is 0 Å². The Morgan fingerprint density at radius 2 is 2.35 bits per heavy atom. The molecular weight excluding hydrogens is 222 g/mol. The fourth-order valence-corrected chi connectivity index (χ4v) is 1.81. The van der Waals surface area contributed by atoms with Gasteiger partial charge in [-0.15, -0.1) is 0 Å². The second kappa shape index (κ2) is 3.44. The minimum atomic E-state index is -0.354. The number of hydrogen-bond acceptors (Lipinski definition) is 4. The summed E-state index contributed by atoms with van der Waals surface area (Å²) in [7, 11) is 0. The molecule has 0 radical (unpaired) electrons. The van der Waals surface area contributed by atoms with Gasteiger partial charge in [0.05, 0.1) is 11.9 Å². The zero-order chi connectivity index (χ0) is 12.0. The Labute approximate surface area is 96.0 Å². The van der Waals surface area contributed by atoms with Crippen LogP contribution in [0.25, 0.3) is 11.1 Å². The number of amides is 1. The van der Waals surface area contributed by atoms with Gasteiger partial charge in [0.15, 0.2) is 0 Å². The molecule has 1 fully saturated rings. The predicted octanol–water partition coefficient (Wildman–Crippen LogP) is 0.717. The van der Waals surface area contributed by atoms with Gasteiger partial charge in [0, 0.05) is 6.04 Å². The highest BCUT2D eigenvalue weighted by atomic mass is 16.3. The summed E-state index contributed by atoms with van der Waals surface area (Å²) in [6, 6.07) is 0.239. The monoisotopic (exact) mass is 233 g/mol. The van der Waals surface area contributed by atoms with Crippen molar-refractivity contribution in [3.05, 3.63) is 28.0 Å². The van der Waals surface area contributed by atoms with Crippen molar-refractivity contribution in [1.82, 2.24) is 15.3 Å². The first kappa shape index (κ1) is 10.1. The Morgan fingerprint density at radius 1 is 1.59 bits per heavy atom. The van der Waals surface area contributed by atoms with Crippen LogP contribution in [0.1, 0.15) is 29.0 Å². The van der Waals surface area contributed by atoms with E-state index in [2.05, 4.69) is 15.3 Å². The summed E-state index contributed by atoms with van der Waals surface area (Å²) in [5.74, 6) is 0.157. The standard InChI is InChI=1S/C11H11N3O3/c1-5-7(10(16)14-6-2-3-6)8-9(15)12-4-13-11(8)17-5/h4,6H,2-3H2,1H3,(H,14,16)(H,12,13,15). The van der Waals surface area contributed by atoms with E-state index in [1.54, 1.807) is 6.92 Å². The zero-order valence-electron chi connectivity index (χ0n) is 9.24. The second-order valence-corrected chi connectivity index (χ2v) is 4.19. The van der Waals surface area contributed by atoms with Crippen molar-refractivity contribution in [2.24, 2.45) is 0 Å². The number of carbonyl (C=O) groups is 1. The maximum Gasteiger partial charge on any atom is 0.262 e. The molecule has 2 aromatic rings. The molecule has 0 atom stereocenters. The van der Waals surface area contributed by atoms with Crippen molar-refractivity contribution >= 4 is 17.0 Å². The molecule has 2 aromatic heterocycles. The van der Waals surface area contributed by atoms with E-state index in [1.807, 2.05) is 0 Å². The van der Waals surface area contributed by atoms with Crippen LogP contribution in [-0.2, 0) is 0 Å². The summed E-state index contributed by atoms with van der Waals surface area (Å²) in [6.07, 6.45) is 3.25. The summed E-state index contributed by atoms with van der Waals surface area (Å²) in [6.45, 7) is 1.66. The third kappa shape index (κ3) is 1.61. The van der Waals surface area contributed by atoms with Crippen LogP contribution in [0.2, 0.25) is 0 Å². The van der Waals surface area contributed by atoms with Crippen LogP contribution in [0.5, 0.6) is 0 Å². The Bertz CT molecular complexity index is 652. The van der Waals surface area contributed by atoms with Crippen LogP contribution in [0.3, 0.4) is 0 Å². The molecule has 2 heterocycles. The van der Waals surface area contributed by atoms with Crippen molar-refractivity contribution in [3.63, 3.8) is 0 Å². The van der Waals surface area contributed by atoms with Gasteiger partial charge in [-0.05, 0) is 19.8 Å². The van der Waals surface area contributed by atoms with E-state index in [4.69, 9.17) is 4.42 Å². The molecule has 3 rings (SSSR count). The fraction of sp³-hybridized carbons (Fsp3) is 0.364. The number of rotatable bonds is 2.